The standard InChI is InChI=1S/C17H24N4O2S/c1-9(2)8-19-17(23)21-15(22)13(6)24-16-14(7-18)11(4)10(3)12(5)20-16/h9,13H,8H2,1-6H3,(H2,19,21,22,23)/t13-/m1/s1. The highest BCUT2D eigenvalue weighted by molar-refractivity contribution is 8.00. The third-order valence-electron chi connectivity index (χ3n) is 3.64. The number of imide groups is 1. The molecule has 24 heavy (non-hydrogen) atoms. The van der Waals surface area contributed by atoms with Crippen LogP contribution in [0.5, 0.6) is 0 Å². The van der Waals surface area contributed by atoms with Crippen LogP contribution in [0.4, 0.5) is 4.79 Å². The Morgan fingerprint density at radius 1 is 1.21 bits per heavy atom. The van der Waals surface area contributed by atoms with Crippen LogP contribution in [0.25, 0.3) is 0 Å². The average Bonchev–Trinajstić information content (AvgIpc) is 2.51. The Bertz CT molecular complexity index is 680. The number of nitriles is 1. The Balaban J connectivity index is 2.81. The number of nitrogens with zero attached hydrogens (tertiary/aromatic N) is 2. The lowest BCUT2D eigenvalue weighted by atomic mass is 10.1. The highest BCUT2D eigenvalue weighted by Gasteiger charge is 2.21. The summed E-state index contributed by atoms with van der Waals surface area (Å²) in [5.41, 5.74) is 3.15. The van der Waals surface area contributed by atoms with Crippen LogP contribution >= 0.6 is 11.8 Å². The van der Waals surface area contributed by atoms with E-state index in [4.69, 9.17) is 0 Å². The molecule has 2 N–H and O–H groups in total. The highest BCUT2D eigenvalue weighted by Crippen LogP contribution is 2.29. The molecule has 1 aromatic rings. The first-order valence-corrected chi connectivity index (χ1v) is 8.68. The third kappa shape index (κ3) is 5.24. The van der Waals surface area contributed by atoms with Crippen LogP contribution in [0, 0.1) is 38.0 Å². The zero-order valence-electron chi connectivity index (χ0n) is 15.0. The Morgan fingerprint density at radius 2 is 1.83 bits per heavy atom. The number of pyridine rings is 1. The van der Waals surface area contributed by atoms with E-state index >= 15 is 0 Å². The summed E-state index contributed by atoms with van der Waals surface area (Å²) < 4.78 is 0. The largest absolute Gasteiger partial charge is 0.338 e. The molecule has 1 rings (SSSR count). The smallest absolute Gasteiger partial charge is 0.321 e. The number of aryl methyl sites for hydroxylation is 1. The number of hydrogen-bond acceptors (Lipinski definition) is 5. The number of urea groups is 1. The molecule has 1 heterocycles. The minimum atomic E-state index is -0.545. The van der Waals surface area contributed by atoms with Gasteiger partial charge in [-0.3, -0.25) is 10.1 Å². The first kappa shape index (κ1) is 20.0. The Labute approximate surface area is 147 Å². The number of thioether (sulfide) groups is 1. The second-order valence-corrected chi connectivity index (χ2v) is 7.42. The van der Waals surface area contributed by atoms with Gasteiger partial charge in [0.2, 0.25) is 5.91 Å². The van der Waals surface area contributed by atoms with Crippen molar-refractivity contribution in [1.29, 1.82) is 5.26 Å². The fourth-order valence-electron chi connectivity index (χ4n) is 1.90. The van der Waals surface area contributed by atoms with Gasteiger partial charge in [0.1, 0.15) is 11.1 Å². The summed E-state index contributed by atoms with van der Waals surface area (Å²) >= 11 is 1.18. The lowest BCUT2D eigenvalue weighted by Gasteiger charge is -2.15. The summed E-state index contributed by atoms with van der Waals surface area (Å²) in [6, 6.07) is 1.65. The lowest BCUT2D eigenvalue weighted by molar-refractivity contribution is -0.119. The van der Waals surface area contributed by atoms with E-state index in [-0.39, 0.29) is 0 Å². The Morgan fingerprint density at radius 3 is 2.38 bits per heavy atom. The van der Waals surface area contributed by atoms with Gasteiger partial charge in [0.25, 0.3) is 0 Å². The van der Waals surface area contributed by atoms with Crippen molar-refractivity contribution in [1.82, 2.24) is 15.6 Å². The van der Waals surface area contributed by atoms with E-state index in [1.165, 1.54) is 11.8 Å². The molecule has 0 saturated heterocycles. The molecule has 7 heteroatoms. The molecule has 0 bridgehead atoms. The molecule has 0 aromatic carbocycles. The zero-order chi connectivity index (χ0) is 18.4. The molecule has 3 amide bonds. The molecule has 0 aliphatic heterocycles. The van der Waals surface area contributed by atoms with Crippen LogP contribution in [-0.2, 0) is 4.79 Å². The highest BCUT2D eigenvalue weighted by atomic mass is 32.2. The van der Waals surface area contributed by atoms with Crippen molar-refractivity contribution >= 4 is 23.7 Å². The summed E-state index contributed by atoms with van der Waals surface area (Å²) in [5.74, 6) is -0.110. The number of amides is 3. The summed E-state index contributed by atoms with van der Waals surface area (Å²) in [6.45, 7) is 11.8. The Hall–Kier alpha value is -2.07. The minimum Gasteiger partial charge on any atom is -0.338 e. The van der Waals surface area contributed by atoms with E-state index in [0.717, 1.165) is 16.8 Å². The molecular formula is C17H24N4O2S. The van der Waals surface area contributed by atoms with E-state index in [1.54, 1.807) is 6.92 Å². The summed E-state index contributed by atoms with van der Waals surface area (Å²) in [4.78, 5) is 28.2. The van der Waals surface area contributed by atoms with Gasteiger partial charge in [0, 0.05) is 12.2 Å². The van der Waals surface area contributed by atoms with E-state index in [9.17, 15) is 14.9 Å². The second kappa shape index (κ2) is 8.69. The van der Waals surface area contributed by atoms with Crippen LogP contribution in [-0.4, -0.2) is 28.7 Å². The summed E-state index contributed by atoms with van der Waals surface area (Å²) in [5, 5.41) is 14.3. The maximum Gasteiger partial charge on any atom is 0.321 e. The number of carbonyl (C=O) groups excluding carboxylic acids is 2. The van der Waals surface area contributed by atoms with Crippen molar-refractivity contribution in [3.63, 3.8) is 0 Å². The molecule has 0 unspecified atom stereocenters. The molecule has 0 saturated carbocycles. The Kier molecular flexibility index (Phi) is 7.23. The van der Waals surface area contributed by atoms with Crippen molar-refractivity contribution in [3.8, 4) is 6.07 Å². The van der Waals surface area contributed by atoms with Crippen LogP contribution in [0.2, 0.25) is 0 Å². The maximum atomic E-state index is 12.1. The lowest BCUT2D eigenvalue weighted by Crippen LogP contribution is -2.43. The minimum absolute atomic E-state index is 0.304. The average molecular weight is 348 g/mol. The third-order valence-corrected chi connectivity index (χ3v) is 4.73. The van der Waals surface area contributed by atoms with Gasteiger partial charge >= 0.3 is 6.03 Å². The second-order valence-electron chi connectivity index (χ2n) is 6.09. The van der Waals surface area contributed by atoms with Gasteiger partial charge in [-0.25, -0.2) is 9.78 Å². The number of hydrogen-bond donors (Lipinski definition) is 2. The molecule has 0 radical (unpaired) electrons. The maximum absolute atomic E-state index is 12.1. The van der Waals surface area contributed by atoms with Crippen molar-refractivity contribution in [2.45, 2.75) is 51.8 Å². The molecule has 1 aromatic heterocycles. The van der Waals surface area contributed by atoms with Gasteiger partial charge in [-0.1, -0.05) is 25.6 Å². The molecule has 1 atom stereocenters. The van der Waals surface area contributed by atoms with Crippen molar-refractivity contribution in [2.24, 2.45) is 5.92 Å². The van der Waals surface area contributed by atoms with Crippen LogP contribution in [0.3, 0.4) is 0 Å². The first-order chi connectivity index (χ1) is 11.2. The van der Waals surface area contributed by atoms with E-state index < -0.39 is 17.2 Å². The van der Waals surface area contributed by atoms with Gasteiger partial charge < -0.3 is 5.32 Å². The van der Waals surface area contributed by atoms with Gasteiger partial charge in [-0.2, -0.15) is 5.26 Å². The van der Waals surface area contributed by atoms with E-state index in [1.807, 2.05) is 34.6 Å². The first-order valence-electron chi connectivity index (χ1n) is 7.80. The fraction of sp³-hybridized carbons (Fsp3) is 0.529. The van der Waals surface area contributed by atoms with Crippen LogP contribution < -0.4 is 10.6 Å². The van der Waals surface area contributed by atoms with E-state index in [0.29, 0.717) is 23.1 Å². The number of carbonyl (C=O) groups is 2. The molecule has 0 spiro atoms. The van der Waals surface area contributed by atoms with Crippen molar-refractivity contribution in [2.75, 3.05) is 6.54 Å². The summed E-state index contributed by atoms with van der Waals surface area (Å²) in [6.07, 6.45) is 0. The topological polar surface area (TPSA) is 94.9 Å². The van der Waals surface area contributed by atoms with Crippen molar-refractivity contribution in [3.05, 3.63) is 22.4 Å². The molecule has 0 aliphatic carbocycles. The number of rotatable bonds is 5. The molecule has 6 nitrogen and oxygen atoms in total. The van der Waals surface area contributed by atoms with Gasteiger partial charge in [0.15, 0.2) is 0 Å². The molecule has 0 fully saturated rings. The van der Waals surface area contributed by atoms with Crippen LogP contribution in [0.15, 0.2) is 5.03 Å². The SMILES string of the molecule is Cc1nc(S[C@H](C)C(=O)NC(=O)NCC(C)C)c(C#N)c(C)c1C. The van der Waals surface area contributed by atoms with E-state index in [2.05, 4.69) is 21.7 Å². The predicted octanol–water partition coefficient (Wildman–Crippen LogP) is 2.84. The van der Waals surface area contributed by atoms with Gasteiger partial charge in [-0.05, 0) is 44.7 Å². The van der Waals surface area contributed by atoms with Gasteiger partial charge in [0.05, 0.1) is 10.8 Å². The molecule has 130 valence electrons. The molecular weight excluding hydrogens is 324 g/mol. The number of nitrogens with one attached hydrogen (secondary N) is 2. The van der Waals surface area contributed by atoms with Crippen molar-refractivity contribution < 1.29 is 9.59 Å². The van der Waals surface area contributed by atoms with Gasteiger partial charge in [-0.15, -0.1) is 0 Å². The quantitative estimate of drug-likeness (QED) is 0.798. The predicted molar refractivity (Wildman–Crippen MR) is 94.9 cm³/mol. The normalized spacial score (nSPS) is 11.8. The number of aromatic nitrogens is 1. The fourth-order valence-corrected chi connectivity index (χ4v) is 2.91. The summed E-state index contributed by atoms with van der Waals surface area (Å²) in [7, 11) is 0. The molecule has 0 aliphatic rings. The van der Waals surface area contributed by atoms with Crippen LogP contribution in [0.1, 0.15) is 43.2 Å². The zero-order valence-corrected chi connectivity index (χ0v) is 15.8. The monoisotopic (exact) mass is 348 g/mol.